The zero-order valence-corrected chi connectivity index (χ0v) is 19.9. The first-order valence-electron chi connectivity index (χ1n) is 10.9. The molecule has 3 aromatic rings. The van der Waals surface area contributed by atoms with Gasteiger partial charge >= 0.3 is 0 Å². The first kappa shape index (κ1) is 24.1. The third-order valence-electron chi connectivity index (χ3n) is 5.58. The van der Waals surface area contributed by atoms with Crippen LogP contribution in [0.25, 0.3) is 0 Å². The van der Waals surface area contributed by atoms with Crippen LogP contribution in [0.3, 0.4) is 0 Å². The van der Waals surface area contributed by atoms with Crippen LogP contribution in [0.2, 0.25) is 0 Å². The lowest BCUT2D eigenvalue weighted by Gasteiger charge is -2.20. The number of rotatable bonds is 9. The fourth-order valence-corrected chi connectivity index (χ4v) is 5.34. The van der Waals surface area contributed by atoms with Gasteiger partial charge in [0, 0.05) is 12.2 Å². The van der Waals surface area contributed by atoms with Crippen LogP contribution in [0.5, 0.6) is 11.5 Å². The molecule has 10 heteroatoms. The van der Waals surface area contributed by atoms with Crippen LogP contribution < -0.4 is 24.8 Å². The van der Waals surface area contributed by atoms with Gasteiger partial charge in [-0.15, -0.1) is 0 Å². The minimum Gasteiger partial charge on any atom is -0.496 e. The average Bonchev–Trinajstić information content (AvgIpc) is 3.29. The van der Waals surface area contributed by atoms with E-state index in [1.807, 2.05) is 12.1 Å². The van der Waals surface area contributed by atoms with Crippen molar-refractivity contribution >= 4 is 33.2 Å². The molecule has 0 radical (unpaired) electrons. The van der Waals surface area contributed by atoms with Gasteiger partial charge < -0.3 is 20.5 Å². The van der Waals surface area contributed by atoms with Gasteiger partial charge in [0.25, 0.3) is 15.9 Å². The SMILES string of the molecule is COc1ccc(S(=O)(=O)N2CCc3ccccc32)cc1C(=O)Nc1ccc(OCCC(N)=O)cc1. The summed E-state index contributed by atoms with van der Waals surface area (Å²) in [5.41, 5.74) is 7.26. The van der Waals surface area contributed by atoms with E-state index in [0.29, 0.717) is 30.1 Å². The zero-order valence-electron chi connectivity index (χ0n) is 19.1. The van der Waals surface area contributed by atoms with Gasteiger partial charge in [-0.1, -0.05) is 18.2 Å². The average molecular weight is 496 g/mol. The topological polar surface area (TPSA) is 128 Å². The van der Waals surface area contributed by atoms with Crippen molar-refractivity contribution in [2.45, 2.75) is 17.7 Å². The summed E-state index contributed by atoms with van der Waals surface area (Å²) in [5, 5.41) is 2.74. The number of methoxy groups -OCH3 is 1. The molecule has 0 saturated heterocycles. The van der Waals surface area contributed by atoms with Crippen LogP contribution in [0, 0.1) is 0 Å². The summed E-state index contributed by atoms with van der Waals surface area (Å²) in [4.78, 5) is 23.9. The second-order valence-electron chi connectivity index (χ2n) is 7.86. The predicted molar refractivity (Wildman–Crippen MR) is 131 cm³/mol. The molecule has 3 N–H and O–H groups in total. The molecule has 0 bridgehead atoms. The molecule has 0 spiro atoms. The Morgan fingerprint density at radius 3 is 2.51 bits per heavy atom. The van der Waals surface area contributed by atoms with Crippen molar-refractivity contribution in [3.8, 4) is 11.5 Å². The Morgan fingerprint density at radius 2 is 1.80 bits per heavy atom. The van der Waals surface area contributed by atoms with Crippen LogP contribution in [0.15, 0.2) is 71.6 Å². The highest BCUT2D eigenvalue weighted by Gasteiger charge is 2.31. The second-order valence-corrected chi connectivity index (χ2v) is 9.72. The molecule has 0 unspecified atom stereocenters. The van der Waals surface area contributed by atoms with E-state index in [4.69, 9.17) is 15.2 Å². The van der Waals surface area contributed by atoms with E-state index in [2.05, 4.69) is 5.32 Å². The molecule has 9 nitrogen and oxygen atoms in total. The molecule has 0 saturated carbocycles. The summed E-state index contributed by atoms with van der Waals surface area (Å²) in [6, 6.07) is 18.1. The van der Waals surface area contributed by atoms with Crippen LogP contribution in [-0.2, 0) is 21.2 Å². The number of carbonyl (C=O) groups excluding carboxylic acids is 2. The highest BCUT2D eigenvalue weighted by atomic mass is 32.2. The van der Waals surface area contributed by atoms with E-state index < -0.39 is 21.8 Å². The molecule has 0 aromatic heterocycles. The summed E-state index contributed by atoms with van der Waals surface area (Å²) in [7, 11) is -2.47. The Balaban J connectivity index is 1.54. The minimum atomic E-state index is -3.88. The third kappa shape index (κ3) is 5.22. The van der Waals surface area contributed by atoms with Gasteiger partial charge in [0.15, 0.2) is 0 Å². The zero-order chi connectivity index (χ0) is 25.0. The van der Waals surface area contributed by atoms with E-state index in [9.17, 15) is 18.0 Å². The normalized spacial score (nSPS) is 12.7. The Kier molecular flexibility index (Phi) is 6.92. The van der Waals surface area contributed by atoms with Crippen LogP contribution in [0.4, 0.5) is 11.4 Å². The summed E-state index contributed by atoms with van der Waals surface area (Å²) in [5.74, 6) is -0.223. The maximum atomic E-state index is 13.4. The molecular formula is C25H25N3O6S. The van der Waals surface area contributed by atoms with Crippen LogP contribution in [0.1, 0.15) is 22.3 Å². The first-order chi connectivity index (χ1) is 16.8. The monoisotopic (exact) mass is 495 g/mol. The van der Waals surface area contributed by atoms with Crippen molar-refractivity contribution in [3.05, 3.63) is 77.9 Å². The summed E-state index contributed by atoms with van der Waals surface area (Å²) in [6.45, 7) is 0.490. The van der Waals surface area contributed by atoms with Gasteiger partial charge in [0.2, 0.25) is 5.91 Å². The van der Waals surface area contributed by atoms with Crippen molar-refractivity contribution in [1.29, 1.82) is 0 Å². The maximum absolute atomic E-state index is 13.4. The lowest BCUT2D eigenvalue weighted by atomic mass is 10.2. The highest BCUT2D eigenvalue weighted by molar-refractivity contribution is 7.92. The Morgan fingerprint density at radius 1 is 1.06 bits per heavy atom. The number of carbonyl (C=O) groups is 2. The Labute approximate surface area is 203 Å². The van der Waals surface area contributed by atoms with Crippen LogP contribution >= 0.6 is 0 Å². The molecule has 3 aromatic carbocycles. The number of hydrogen-bond acceptors (Lipinski definition) is 6. The lowest BCUT2D eigenvalue weighted by Crippen LogP contribution is -2.29. The van der Waals surface area contributed by atoms with Crippen molar-refractivity contribution in [1.82, 2.24) is 0 Å². The van der Waals surface area contributed by atoms with Gasteiger partial charge in [-0.3, -0.25) is 13.9 Å². The molecule has 182 valence electrons. The fraction of sp³-hybridized carbons (Fsp3) is 0.200. The van der Waals surface area contributed by atoms with Crippen molar-refractivity contribution in [2.24, 2.45) is 5.73 Å². The number of hydrogen-bond donors (Lipinski definition) is 2. The van der Waals surface area contributed by atoms with Gasteiger partial charge in [0.05, 0.1) is 36.3 Å². The maximum Gasteiger partial charge on any atom is 0.264 e. The van der Waals surface area contributed by atoms with E-state index in [-0.39, 0.29) is 29.2 Å². The van der Waals surface area contributed by atoms with Crippen molar-refractivity contribution in [3.63, 3.8) is 0 Å². The molecule has 0 fully saturated rings. The van der Waals surface area contributed by atoms with Crippen molar-refractivity contribution in [2.75, 3.05) is 29.9 Å². The molecule has 0 aliphatic carbocycles. The molecule has 1 heterocycles. The number of anilines is 2. The van der Waals surface area contributed by atoms with E-state index in [1.54, 1.807) is 36.4 Å². The summed E-state index contributed by atoms with van der Waals surface area (Å²) < 4.78 is 38.9. The number of nitrogens with one attached hydrogen (secondary N) is 1. The number of benzene rings is 3. The number of ether oxygens (including phenoxy) is 2. The largest absolute Gasteiger partial charge is 0.496 e. The fourth-order valence-electron chi connectivity index (χ4n) is 3.81. The molecule has 0 atom stereocenters. The summed E-state index contributed by atoms with van der Waals surface area (Å²) in [6.07, 6.45) is 0.724. The number of amides is 2. The number of fused-ring (bicyclic) bond motifs is 1. The van der Waals surface area contributed by atoms with Gasteiger partial charge in [-0.25, -0.2) is 8.42 Å². The lowest BCUT2D eigenvalue weighted by molar-refractivity contribution is -0.118. The van der Waals surface area contributed by atoms with E-state index in [1.165, 1.54) is 29.6 Å². The molecule has 35 heavy (non-hydrogen) atoms. The standard InChI is InChI=1S/C25H25N3O6S/c1-33-23-11-10-20(35(31,32)28-14-12-17-4-2-3-5-22(17)28)16-21(23)25(30)27-18-6-8-19(9-7-18)34-15-13-24(26)29/h2-11,16H,12-15H2,1H3,(H2,26,29)(H,27,30). The molecule has 1 aliphatic rings. The van der Waals surface area contributed by atoms with Crippen molar-refractivity contribution < 1.29 is 27.5 Å². The Hall–Kier alpha value is -4.05. The van der Waals surface area contributed by atoms with Gasteiger partial charge in [-0.2, -0.15) is 0 Å². The number of para-hydroxylation sites is 1. The minimum absolute atomic E-state index is 0.00153. The third-order valence-corrected chi connectivity index (χ3v) is 7.39. The summed E-state index contributed by atoms with van der Waals surface area (Å²) >= 11 is 0. The van der Waals surface area contributed by atoms with E-state index >= 15 is 0 Å². The molecular weight excluding hydrogens is 470 g/mol. The molecule has 1 aliphatic heterocycles. The highest BCUT2D eigenvalue weighted by Crippen LogP contribution is 2.34. The number of primary amides is 1. The number of sulfonamides is 1. The van der Waals surface area contributed by atoms with Crippen LogP contribution in [-0.4, -0.2) is 40.5 Å². The molecule has 4 rings (SSSR count). The van der Waals surface area contributed by atoms with E-state index in [0.717, 1.165) is 5.56 Å². The Bertz CT molecular complexity index is 1360. The molecule has 2 amide bonds. The quantitative estimate of drug-likeness (QED) is 0.470. The smallest absolute Gasteiger partial charge is 0.264 e. The van der Waals surface area contributed by atoms with Gasteiger partial charge in [-0.05, 0) is 60.5 Å². The second kappa shape index (κ2) is 10.1. The van der Waals surface area contributed by atoms with Gasteiger partial charge in [0.1, 0.15) is 11.5 Å². The number of nitrogens with zero attached hydrogens (tertiary/aromatic N) is 1. The number of nitrogens with two attached hydrogens (primary N) is 1. The predicted octanol–water partition coefficient (Wildman–Crippen LogP) is 2.95. The first-order valence-corrected chi connectivity index (χ1v) is 12.3.